The van der Waals surface area contributed by atoms with Crippen LogP contribution in [-0.2, 0) is 0 Å². The molecule has 0 radical (unpaired) electrons. The standard InChI is InChI=1S/C26H18ClN3O/c27-23-15-6-4-13-21(23)25-29-24-16-7-5-14-22(24)26(31)30(25)20-12-8-11-19(17-20)28-18-9-2-1-3-10-18/h1-17,28H. The molecular weight excluding hydrogens is 406 g/mol. The van der Waals surface area contributed by atoms with Crippen LogP contribution in [0.15, 0.2) is 108 Å². The van der Waals surface area contributed by atoms with Gasteiger partial charge in [-0.3, -0.25) is 9.36 Å². The van der Waals surface area contributed by atoms with Crippen molar-refractivity contribution in [2.45, 2.75) is 0 Å². The number of para-hydroxylation sites is 2. The molecule has 1 aromatic heterocycles. The summed E-state index contributed by atoms with van der Waals surface area (Å²) >= 11 is 6.49. The number of fused-ring (bicyclic) bond motifs is 1. The second-order valence-corrected chi connectivity index (χ2v) is 7.52. The molecule has 150 valence electrons. The number of anilines is 2. The zero-order chi connectivity index (χ0) is 21.2. The maximum Gasteiger partial charge on any atom is 0.266 e. The van der Waals surface area contributed by atoms with Crippen molar-refractivity contribution in [2.75, 3.05) is 5.32 Å². The van der Waals surface area contributed by atoms with E-state index in [-0.39, 0.29) is 5.56 Å². The number of halogens is 1. The summed E-state index contributed by atoms with van der Waals surface area (Å²) in [6.07, 6.45) is 0. The molecule has 31 heavy (non-hydrogen) atoms. The van der Waals surface area contributed by atoms with Gasteiger partial charge in [0, 0.05) is 16.9 Å². The fraction of sp³-hybridized carbons (Fsp3) is 0. The first-order valence-corrected chi connectivity index (χ1v) is 10.3. The van der Waals surface area contributed by atoms with Crippen LogP contribution in [0.25, 0.3) is 28.0 Å². The van der Waals surface area contributed by atoms with E-state index in [1.807, 2.05) is 91.0 Å². The molecule has 0 aliphatic rings. The van der Waals surface area contributed by atoms with Crippen molar-refractivity contribution < 1.29 is 0 Å². The molecule has 4 aromatic carbocycles. The lowest BCUT2D eigenvalue weighted by atomic mass is 10.1. The molecule has 0 bridgehead atoms. The number of rotatable bonds is 4. The van der Waals surface area contributed by atoms with Crippen LogP contribution in [0.4, 0.5) is 11.4 Å². The highest BCUT2D eigenvalue weighted by molar-refractivity contribution is 6.33. The first-order chi connectivity index (χ1) is 15.2. The van der Waals surface area contributed by atoms with Crippen LogP contribution in [0.1, 0.15) is 0 Å². The molecule has 4 nitrogen and oxygen atoms in total. The molecule has 5 heteroatoms. The Morgan fingerprint density at radius 2 is 1.45 bits per heavy atom. The maximum atomic E-state index is 13.6. The molecule has 0 aliphatic heterocycles. The van der Waals surface area contributed by atoms with Gasteiger partial charge in [-0.15, -0.1) is 0 Å². The topological polar surface area (TPSA) is 46.9 Å². The largest absolute Gasteiger partial charge is 0.355 e. The number of nitrogens with zero attached hydrogens (tertiary/aromatic N) is 2. The van der Waals surface area contributed by atoms with Crippen molar-refractivity contribution in [2.24, 2.45) is 0 Å². The Balaban J connectivity index is 1.74. The first kappa shape index (κ1) is 19.1. The molecule has 0 aliphatic carbocycles. The third-order valence-corrected chi connectivity index (χ3v) is 5.39. The van der Waals surface area contributed by atoms with E-state index in [2.05, 4.69) is 5.32 Å². The van der Waals surface area contributed by atoms with Gasteiger partial charge in [-0.1, -0.05) is 60.1 Å². The van der Waals surface area contributed by atoms with Crippen LogP contribution in [0, 0.1) is 0 Å². The normalized spacial score (nSPS) is 10.9. The SMILES string of the molecule is O=c1c2ccccc2nc(-c2ccccc2Cl)n1-c1cccc(Nc2ccccc2)c1. The van der Waals surface area contributed by atoms with Crippen molar-refractivity contribution in [3.05, 3.63) is 119 Å². The molecule has 0 spiro atoms. The van der Waals surface area contributed by atoms with Crippen LogP contribution in [0.3, 0.4) is 0 Å². The molecule has 0 amide bonds. The Morgan fingerprint density at radius 3 is 2.29 bits per heavy atom. The summed E-state index contributed by atoms with van der Waals surface area (Å²) in [7, 11) is 0. The zero-order valence-corrected chi connectivity index (χ0v) is 17.3. The predicted octanol–water partition coefficient (Wildman–Crippen LogP) is 6.45. The van der Waals surface area contributed by atoms with Crippen molar-refractivity contribution in [3.63, 3.8) is 0 Å². The second kappa shape index (κ2) is 8.09. The summed E-state index contributed by atoms with van der Waals surface area (Å²) in [5.74, 6) is 0.506. The summed E-state index contributed by atoms with van der Waals surface area (Å²) in [4.78, 5) is 18.4. The number of aromatic nitrogens is 2. The lowest BCUT2D eigenvalue weighted by Crippen LogP contribution is -2.22. The van der Waals surface area contributed by atoms with Gasteiger partial charge < -0.3 is 5.32 Å². The minimum atomic E-state index is -0.141. The van der Waals surface area contributed by atoms with E-state index >= 15 is 0 Å². The number of hydrogen-bond donors (Lipinski definition) is 1. The predicted molar refractivity (Wildman–Crippen MR) is 128 cm³/mol. The van der Waals surface area contributed by atoms with Gasteiger partial charge in [0.15, 0.2) is 0 Å². The van der Waals surface area contributed by atoms with Gasteiger partial charge in [0.2, 0.25) is 0 Å². The first-order valence-electron chi connectivity index (χ1n) is 9.90. The highest BCUT2D eigenvalue weighted by atomic mass is 35.5. The fourth-order valence-electron chi connectivity index (χ4n) is 3.61. The number of benzene rings is 4. The Hall–Kier alpha value is -3.89. The van der Waals surface area contributed by atoms with Crippen LogP contribution < -0.4 is 10.9 Å². The van der Waals surface area contributed by atoms with Gasteiger partial charge in [0.05, 0.1) is 21.6 Å². The van der Waals surface area contributed by atoms with Gasteiger partial charge in [0.25, 0.3) is 5.56 Å². The Labute approximate surface area is 184 Å². The Morgan fingerprint density at radius 1 is 0.742 bits per heavy atom. The summed E-state index contributed by atoms with van der Waals surface area (Å²) in [6.45, 7) is 0. The van der Waals surface area contributed by atoms with Crippen LogP contribution >= 0.6 is 11.6 Å². The summed E-state index contributed by atoms with van der Waals surface area (Å²) in [5.41, 5.74) is 3.74. The molecule has 0 fully saturated rings. The van der Waals surface area contributed by atoms with Crippen LogP contribution in [-0.4, -0.2) is 9.55 Å². The molecule has 5 aromatic rings. The average molecular weight is 424 g/mol. The fourth-order valence-corrected chi connectivity index (χ4v) is 3.83. The minimum Gasteiger partial charge on any atom is -0.355 e. The molecular formula is C26H18ClN3O. The third kappa shape index (κ3) is 3.69. The maximum absolute atomic E-state index is 13.6. The highest BCUT2D eigenvalue weighted by Crippen LogP contribution is 2.29. The van der Waals surface area contributed by atoms with E-state index < -0.39 is 0 Å². The van der Waals surface area contributed by atoms with Gasteiger partial charge in [-0.25, -0.2) is 4.98 Å². The lowest BCUT2D eigenvalue weighted by Gasteiger charge is -2.16. The van der Waals surface area contributed by atoms with E-state index in [1.54, 1.807) is 16.7 Å². The molecule has 0 saturated carbocycles. The smallest absolute Gasteiger partial charge is 0.266 e. The second-order valence-electron chi connectivity index (χ2n) is 7.11. The molecule has 0 unspecified atom stereocenters. The molecule has 5 rings (SSSR count). The van der Waals surface area contributed by atoms with Gasteiger partial charge in [0.1, 0.15) is 5.82 Å². The number of hydrogen-bond acceptors (Lipinski definition) is 3. The Bertz CT molecular complexity index is 1440. The van der Waals surface area contributed by atoms with Crippen molar-refractivity contribution >= 4 is 33.9 Å². The molecule has 1 N–H and O–H groups in total. The van der Waals surface area contributed by atoms with Crippen LogP contribution in [0.5, 0.6) is 0 Å². The summed E-state index contributed by atoms with van der Waals surface area (Å²) in [5, 5.41) is 4.47. The van der Waals surface area contributed by atoms with Crippen LogP contribution in [0.2, 0.25) is 5.02 Å². The van der Waals surface area contributed by atoms with E-state index in [0.29, 0.717) is 33.0 Å². The molecule has 1 heterocycles. The number of nitrogens with one attached hydrogen (secondary N) is 1. The van der Waals surface area contributed by atoms with Gasteiger partial charge in [-0.2, -0.15) is 0 Å². The third-order valence-electron chi connectivity index (χ3n) is 5.06. The lowest BCUT2D eigenvalue weighted by molar-refractivity contribution is 0.976. The Kier molecular flexibility index (Phi) is 4.98. The summed E-state index contributed by atoms with van der Waals surface area (Å²) < 4.78 is 1.62. The van der Waals surface area contributed by atoms with Crippen molar-refractivity contribution in [1.29, 1.82) is 0 Å². The van der Waals surface area contributed by atoms with E-state index in [9.17, 15) is 4.79 Å². The minimum absolute atomic E-state index is 0.141. The molecule has 0 atom stereocenters. The van der Waals surface area contributed by atoms with Gasteiger partial charge >= 0.3 is 0 Å². The summed E-state index contributed by atoms with van der Waals surface area (Å²) in [6, 6.07) is 32.4. The van der Waals surface area contributed by atoms with E-state index in [4.69, 9.17) is 16.6 Å². The molecule has 0 saturated heterocycles. The van der Waals surface area contributed by atoms with Crippen molar-refractivity contribution in [1.82, 2.24) is 9.55 Å². The monoisotopic (exact) mass is 423 g/mol. The quantitative estimate of drug-likeness (QED) is 0.361. The van der Waals surface area contributed by atoms with Gasteiger partial charge in [-0.05, 0) is 54.6 Å². The van der Waals surface area contributed by atoms with E-state index in [1.165, 1.54) is 0 Å². The zero-order valence-electron chi connectivity index (χ0n) is 16.5. The highest BCUT2D eigenvalue weighted by Gasteiger charge is 2.16. The van der Waals surface area contributed by atoms with Crippen molar-refractivity contribution in [3.8, 4) is 17.1 Å². The average Bonchev–Trinajstić information content (AvgIpc) is 2.80. The van der Waals surface area contributed by atoms with E-state index in [0.717, 1.165) is 11.4 Å².